The molecule has 1 aromatic heterocycles. The van der Waals surface area contributed by atoms with E-state index in [9.17, 15) is 23.9 Å². The van der Waals surface area contributed by atoms with Gasteiger partial charge in [-0.1, -0.05) is 18.2 Å². The Morgan fingerprint density at radius 1 is 1.11 bits per heavy atom. The fourth-order valence-electron chi connectivity index (χ4n) is 5.23. The van der Waals surface area contributed by atoms with Crippen molar-refractivity contribution in [2.45, 2.75) is 31.7 Å². The summed E-state index contributed by atoms with van der Waals surface area (Å²) in [6.07, 6.45) is 6.38. The summed E-state index contributed by atoms with van der Waals surface area (Å²) in [6.45, 7) is 1.17. The van der Waals surface area contributed by atoms with Crippen molar-refractivity contribution in [2.24, 2.45) is 11.1 Å². The Bertz CT molecular complexity index is 1420. The van der Waals surface area contributed by atoms with E-state index in [1.807, 2.05) is 0 Å². The molecule has 2 aromatic carbocycles. The number of carboxylic acid groups (broad SMARTS) is 1. The second-order valence-corrected chi connectivity index (χ2v) is 9.47. The standard InChI is InChI=1S/C27H27FN4O5/c1-37-23-18(24(33)34)10-12-20-22(23)19(11-7-16-5-8-17(28)9-6-16)30-32(20)21-15-27(21,25(29)35)26(36)31-13-3-2-4-14-31/h5-12,21H,2-4,13-15H2,1H3,(H2,29,35)(H,33,34). The zero-order chi connectivity index (χ0) is 26.3. The Kier molecular flexibility index (Phi) is 6.18. The number of amides is 2. The smallest absolute Gasteiger partial charge is 0.339 e. The third kappa shape index (κ3) is 4.12. The maximum Gasteiger partial charge on any atom is 0.339 e. The zero-order valence-corrected chi connectivity index (χ0v) is 20.3. The van der Waals surface area contributed by atoms with E-state index < -0.39 is 23.3 Å². The molecule has 192 valence electrons. The van der Waals surface area contributed by atoms with E-state index in [1.165, 1.54) is 25.3 Å². The van der Waals surface area contributed by atoms with Crippen molar-refractivity contribution >= 4 is 40.8 Å². The molecule has 2 unspecified atom stereocenters. The van der Waals surface area contributed by atoms with E-state index in [0.717, 1.165) is 19.3 Å². The molecule has 1 aliphatic heterocycles. The van der Waals surface area contributed by atoms with Crippen LogP contribution in [0.2, 0.25) is 0 Å². The SMILES string of the molecule is COc1c(C(=O)O)ccc2c1c(C=Cc1ccc(F)cc1)nn2C1CC1(C(N)=O)C(=O)N1CCCCC1. The number of aromatic nitrogens is 2. The van der Waals surface area contributed by atoms with Crippen LogP contribution in [0, 0.1) is 11.2 Å². The number of hydrogen-bond acceptors (Lipinski definition) is 5. The third-order valence-corrected chi connectivity index (χ3v) is 7.28. The topological polar surface area (TPSA) is 128 Å². The van der Waals surface area contributed by atoms with Crippen LogP contribution >= 0.6 is 0 Å². The number of aromatic carboxylic acids is 1. The molecule has 2 fully saturated rings. The number of benzene rings is 2. The number of carboxylic acids is 1. The molecule has 0 bridgehead atoms. The number of halogens is 1. The first-order chi connectivity index (χ1) is 17.8. The number of methoxy groups -OCH3 is 1. The molecule has 5 rings (SSSR count). The number of fused-ring (bicyclic) bond motifs is 1. The van der Waals surface area contributed by atoms with Crippen molar-refractivity contribution in [2.75, 3.05) is 20.2 Å². The van der Waals surface area contributed by atoms with Crippen molar-refractivity contribution in [3.05, 3.63) is 59.0 Å². The van der Waals surface area contributed by atoms with Crippen LogP contribution in [0.15, 0.2) is 36.4 Å². The molecule has 1 saturated carbocycles. The van der Waals surface area contributed by atoms with Gasteiger partial charge in [-0.15, -0.1) is 0 Å². The average Bonchev–Trinajstić information content (AvgIpc) is 3.56. The largest absolute Gasteiger partial charge is 0.495 e. The van der Waals surface area contributed by atoms with Gasteiger partial charge in [0.05, 0.1) is 29.7 Å². The van der Waals surface area contributed by atoms with Gasteiger partial charge < -0.3 is 20.5 Å². The lowest BCUT2D eigenvalue weighted by atomic mass is 10.0. The van der Waals surface area contributed by atoms with Crippen LogP contribution in [-0.4, -0.2) is 57.8 Å². The van der Waals surface area contributed by atoms with Crippen LogP contribution in [0.1, 0.15) is 53.3 Å². The number of carbonyl (C=O) groups is 3. The maximum atomic E-state index is 13.5. The van der Waals surface area contributed by atoms with E-state index in [-0.39, 0.29) is 29.5 Å². The van der Waals surface area contributed by atoms with E-state index in [0.29, 0.717) is 35.2 Å². The third-order valence-electron chi connectivity index (χ3n) is 7.28. The van der Waals surface area contributed by atoms with Gasteiger partial charge in [-0.05, 0) is 61.6 Å². The molecule has 0 radical (unpaired) electrons. The number of primary amides is 1. The average molecular weight is 507 g/mol. The summed E-state index contributed by atoms with van der Waals surface area (Å²) in [5.74, 6) is -2.41. The monoisotopic (exact) mass is 506 g/mol. The number of hydrogen-bond donors (Lipinski definition) is 2. The summed E-state index contributed by atoms with van der Waals surface area (Å²) < 4.78 is 20.4. The first kappa shape index (κ1) is 24.5. The molecule has 37 heavy (non-hydrogen) atoms. The molecule has 2 aliphatic rings. The molecular weight excluding hydrogens is 479 g/mol. The van der Waals surface area contributed by atoms with Crippen molar-refractivity contribution in [1.29, 1.82) is 0 Å². The van der Waals surface area contributed by atoms with Gasteiger partial charge in [0.15, 0.2) is 5.41 Å². The van der Waals surface area contributed by atoms with Crippen molar-refractivity contribution in [1.82, 2.24) is 14.7 Å². The highest BCUT2D eigenvalue weighted by Gasteiger charge is 2.68. The number of rotatable bonds is 7. The zero-order valence-electron chi connectivity index (χ0n) is 20.3. The van der Waals surface area contributed by atoms with Gasteiger partial charge in [-0.3, -0.25) is 14.3 Å². The lowest BCUT2D eigenvalue weighted by Crippen LogP contribution is -2.46. The predicted octanol–water partition coefficient (Wildman–Crippen LogP) is 3.48. The van der Waals surface area contributed by atoms with E-state index in [2.05, 4.69) is 0 Å². The Labute approximate surface area is 212 Å². The molecule has 2 heterocycles. The van der Waals surface area contributed by atoms with Crippen LogP contribution in [0.4, 0.5) is 4.39 Å². The van der Waals surface area contributed by atoms with Crippen molar-refractivity contribution in [3.63, 3.8) is 0 Å². The van der Waals surface area contributed by atoms with Gasteiger partial charge in [0.25, 0.3) is 0 Å². The summed E-state index contributed by atoms with van der Waals surface area (Å²) in [4.78, 5) is 39.8. The first-order valence-corrected chi connectivity index (χ1v) is 12.1. The van der Waals surface area contributed by atoms with E-state index >= 15 is 0 Å². The van der Waals surface area contributed by atoms with Crippen LogP contribution < -0.4 is 10.5 Å². The number of nitrogens with zero attached hydrogens (tertiary/aromatic N) is 3. The summed E-state index contributed by atoms with van der Waals surface area (Å²) in [6, 6.07) is 8.25. The minimum absolute atomic E-state index is 0.0488. The number of nitrogens with two attached hydrogens (primary N) is 1. The van der Waals surface area contributed by atoms with Gasteiger partial charge in [0.2, 0.25) is 11.8 Å². The Hall–Kier alpha value is -4.21. The molecule has 10 heteroatoms. The molecule has 2 atom stereocenters. The minimum Gasteiger partial charge on any atom is -0.495 e. The lowest BCUT2D eigenvalue weighted by molar-refractivity contribution is -0.144. The molecule has 3 aromatic rings. The quantitative estimate of drug-likeness (QED) is 0.472. The van der Waals surface area contributed by atoms with Gasteiger partial charge in [-0.25, -0.2) is 9.18 Å². The lowest BCUT2D eigenvalue weighted by Gasteiger charge is -2.30. The Morgan fingerprint density at radius 3 is 2.43 bits per heavy atom. The molecule has 2 amide bonds. The molecule has 1 saturated heterocycles. The van der Waals surface area contributed by atoms with E-state index in [1.54, 1.807) is 39.9 Å². The number of carbonyl (C=O) groups excluding carboxylic acids is 2. The van der Waals surface area contributed by atoms with Crippen LogP contribution in [0.3, 0.4) is 0 Å². The highest BCUT2D eigenvalue weighted by atomic mass is 19.1. The number of piperidine rings is 1. The van der Waals surface area contributed by atoms with Crippen molar-refractivity contribution < 1.29 is 28.6 Å². The number of ether oxygens (including phenoxy) is 1. The highest BCUT2D eigenvalue weighted by Crippen LogP contribution is 2.58. The maximum absolute atomic E-state index is 13.5. The van der Waals surface area contributed by atoms with Crippen molar-refractivity contribution in [3.8, 4) is 5.75 Å². The van der Waals surface area contributed by atoms with Gasteiger partial charge in [0, 0.05) is 13.1 Å². The molecular formula is C27H27FN4O5. The second kappa shape index (κ2) is 9.34. The normalized spacial score (nSPS) is 21.4. The van der Waals surface area contributed by atoms with E-state index in [4.69, 9.17) is 15.6 Å². The fourth-order valence-corrected chi connectivity index (χ4v) is 5.23. The number of likely N-dealkylation sites (tertiary alicyclic amines) is 1. The fraction of sp³-hybridized carbons (Fsp3) is 0.333. The van der Waals surface area contributed by atoms with Crippen LogP contribution in [-0.2, 0) is 9.59 Å². The van der Waals surface area contributed by atoms with Gasteiger partial charge in [-0.2, -0.15) is 5.10 Å². The Morgan fingerprint density at radius 2 is 1.81 bits per heavy atom. The summed E-state index contributed by atoms with van der Waals surface area (Å²) in [5.41, 5.74) is 5.96. The molecule has 1 aliphatic carbocycles. The minimum atomic E-state index is -1.41. The van der Waals surface area contributed by atoms with Crippen LogP contribution in [0.5, 0.6) is 5.75 Å². The summed E-state index contributed by atoms with van der Waals surface area (Å²) in [7, 11) is 1.37. The van der Waals surface area contributed by atoms with Crippen LogP contribution in [0.25, 0.3) is 23.1 Å². The second-order valence-electron chi connectivity index (χ2n) is 9.47. The predicted molar refractivity (Wildman–Crippen MR) is 134 cm³/mol. The first-order valence-electron chi connectivity index (χ1n) is 12.1. The molecule has 0 spiro atoms. The van der Waals surface area contributed by atoms with Gasteiger partial charge in [0.1, 0.15) is 17.1 Å². The molecule has 3 N–H and O–H groups in total. The summed E-state index contributed by atoms with van der Waals surface area (Å²) >= 11 is 0. The highest BCUT2D eigenvalue weighted by molar-refractivity contribution is 6.09. The van der Waals surface area contributed by atoms with Gasteiger partial charge >= 0.3 is 5.97 Å². The Balaban J connectivity index is 1.62. The molecule has 9 nitrogen and oxygen atoms in total. The summed E-state index contributed by atoms with van der Waals surface area (Å²) in [5, 5.41) is 14.8.